The van der Waals surface area contributed by atoms with Gasteiger partial charge in [0.15, 0.2) is 0 Å². The van der Waals surface area contributed by atoms with Crippen LogP contribution in [0.1, 0.15) is 19.8 Å². The molecule has 1 fully saturated rings. The number of piperidine rings is 1. The zero-order valence-corrected chi connectivity index (χ0v) is 7.01. The molecule has 0 bridgehead atoms. The first-order valence-electron chi connectivity index (χ1n) is 4.18. The van der Waals surface area contributed by atoms with Gasteiger partial charge < -0.3 is 10.6 Å². The van der Waals surface area contributed by atoms with E-state index in [0.29, 0.717) is 6.04 Å². The molecule has 1 aliphatic rings. The lowest BCUT2D eigenvalue weighted by Gasteiger charge is -2.33. The highest BCUT2D eigenvalue weighted by Gasteiger charge is 2.22. The van der Waals surface area contributed by atoms with Gasteiger partial charge in [0, 0.05) is 12.6 Å². The molecule has 0 aromatic rings. The lowest BCUT2D eigenvalue weighted by Crippen LogP contribution is -2.46. The Balaban J connectivity index is 2.36. The van der Waals surface area contributed by atoms with Crippen molar-refractivity contribution in [2.75, 3.05) is 20.1 Å². The molecule has 0 amide bonds. The van der Waals surface area contributed by atoms with Crippen LogP contribution in [0.25, 0.3) is 0 Å². The van der Waals surface area contributed by atoms with Gasteiger partial charge in [0.25, 0.3) is 0 Å². The van der Waals surface area contributed by atoms with Crippen molar-refractivity contribution in [3.63, 3.8) is 0 Å². The maximum atomic E-state index is 5.94. The van der Waals surface area contributed by atoms with Crippen LogP contribution in [0.5, 0.6) is 0 Å². The Kier molecular flexibility index (Phi) is 2.69. The van der Waals surface area contributed by atoms with Crippen molar-refractivity contribution in [2.24, 2.45) is 11.7 Å². The van der Waals surface area contributed by atoms with Crippen LogP contribution in [0.2, 0.25) is 0 Å². The molecule has 1 rings (SSSR count). The van der Waals surface area contributed by atoms with E-state index in [-0.39, 0.29) is 0 Å². The smallest absolute Gasteiger partial charge is 0.0196 e. The third-order valence-electron chi connectivity index (χ3n) is 2.53. The van der Waals surface area contributed by atoms with Crippen molar-refractivity contribution < 1.29 is 0 Å². The number of nitrogens with two attached hydrogens (primary N) is 1. The van der Waals surface area contributed by atoms with Gasteiger partial charge in [-0.2, -0.15) is 0 Å². The highest BCUT2D eigenvalue weighted by molar-refractivity contribution is 4.80. The highest BCUT2D eigenvalue weighted by atomic mass is 15.1. The van der Waals surface area contributed by atoms with Crippen molar-refractivity contribution in [2.45, 2.75) is 25.8 Å². The summed E-state index contributed by atoms with van der Waals surface area (Å²) >= 11 is 0. The Morgan fingerprint density at radius 1 is 1.60 bits per heavy atom. The summed E-state index contributed by atoms with van der Waals surface area (Å²) < 4.78 is 0. The first-order chi connectivity index (χ1) is 4.74. The Hall–Kier alpha value is -0.0800. The van der Waals surface area contributed by atoms with E-state index >= 15 is 0 Å². The third-order valence-corrected chi connectivity index (χ3v) is 2.53. The van der Waals surface area contributed by atoms with Crippen molar-refractivity contribution in [3.8, 4) is 0 Å². The van der Waals surface area contributed by atoms with Gasteiger partial charge in [-0.15, -0.1) is 0 Å². The molecule has 60 valence electrons. The largest absolute Gasteiger partial charge is 0.326 e. The predicted molar refractivity (Wildman–Crippen MR) is 43.9 cm³/mol. The van der Waals surface area contributed by atoms with Crippen LogP contribution in [-0.4, -0.2) is 31.1 Å². The second kappa shape index (κ2) is 3.35. The fourth-order valence-corrected chi connectivity index (χ4v) is 1.71. The molecular formula is C8H18N2. The minimum atomic E-state index is 0.420. The van der Waals surface area contributed by atoms with E-state index in [1.54, 1.807) is 0 Å². The van der Waals surface area contributed by atoms with Crippen LogP contribution in [0.4, 0.5) is 0 Å². The zero-order chi connectivity index (χ0) is 7.56. The zero-order valence-electron chi connectivity index (χ0n) is 7.01. The van der Waals surface area contributed by atoms with Gasteiger partial charge in [-0.1, -0.05) is 13.3 Å². The summed E-state index contributed by atoms with van der Waals surface area (Å²) in [6.07, 6.45) is 2.53. The number of likely N-dealkylation sites (N-methyl/N-ethyl adjacent to an activating group) is 1. The van der Waals surface area contributed by atoms with Crippen LogP contribution in [0.15, 0.2) is 0 Å². The monoisotopic (exact) mass is 142 g/mol. The molecule has 1 aliphatic heterocycles. The number of likely N-dealkylation sites (tertiary alicyclic amines) is 1. The molecule has 0 radical (unpaired) electrons. The average Bonchev–Trinajstić information content (AvgIpc) is 1.88. The van der Waals surface area contributed by atoms with Crippen LogP contribution < -0.4 is 5.73 Å². The van der Waals surface area contributed by atoms with Gasteiger partial charge in [-0.05, 0) is 25.9 Å². The maximum Gasteiger partial charge on any atom is 0.0196 e. The second-order valence-electron chi connectivity index (χ2n) is 3.38. The summed E-state index contributed by atoms with van der Waals surface area (Å²) in [6.45, 7) is 4.54. The molecule has 0 spiro atoms. The van der Waals surface area contributed by atoms with Crippen LogP contribution in [0, 0.1) is 5.92 Å². The van der Waals surface area contributed by atoms with Gasteiger partial charge in [0.1, 0.15) is 0 Å². The second-order valence-corrected chi connectivity index (χ2v) is 3.38. The SMILES string of the molecule is CCC1CCN(C)CC1N. The highest BCUT2D eigenvalue weighted by Crippen LogP contribution is 2.17. The van der Waals surface area contributed by atoms with Gasteiger partial charge in [0.2, 0.25) is 0 Å². The predicted octanol–water partition coefficient (Wildman–Crippen LogP) is 0.675. The molecule has 0 aromatic carbocycles. The topological polar surface area (TPSA) is 29.3 Å². The van der Waals surface area contributed by atoms with E-state index in [4.69, 9.17) is 5.73 Å². The quantitative estimate of drug-likeness (QED) is 0.583. The third kappa shape index (κ3) is 1.70. The van der Waals surface area contributed by atoms with E-state index in [1.807, 2.05) is 0 Å². The Labute approximate surface area is 63.4 Å². The van der Waals surface area contributed by atoms with Gasteiger partial charge in [-0.3, -0.25) is 0 Å². The normalized spacial score (nSPS) is 36.3. The molecule has 2 atom stereocenters. The fourth-order valence-electron chi connectivity index (χ4n) is 1.71. The molecule has 2 heteroatoms. The summed E-state index contributed by atoms with van der Waals surface area (Å²) in [4.78, 5) is 2.32. The van der Waals surface area contributed by atoms with E-state index in [2.05, 4.69) is 18.9 Å². The van der Waals surface area contributed by atoms with Gasteiger partial charge in [0.05, 0.1) is 0 Å². The summed E-state index contributed by atoms with van der Waals surface area (Å²) in [6, 6.07) is 0.420. The molecule has 10 heavy (non-hydrogen) atoms. The lowest BCUT2D eigenvalue weighted by atomic mass is 9.90. The molecule has 1 saturated heterocycles. The molecule has 1 heterocycles. The Morgan fingerprint density at radius 2 is 2.30 bits per heavy atom. The molecule has 2 unspecified atom stereocenters. The standard InChI is InChI=1S/C8H18N2/c1-3-7-4-5-10(2)6-8(7)9/h7-8H,3-6,9H2,1-2H3. The van der Waals surface area contributed by atoms with Crippen molar-refractivity contribution in [3.05, 3.63) is 0 Å². The minimum Gasteiger partial charge on any atom is -0.326 e. The first kappa shape index (κ1) is 8.02. The molecule has 2 nitrogen and oxygen atoms in total. The van der Waals surface area contributed by atoms with Crippen molar-refractivity contribution >= 4 is 0 Å². The summed E-state index contributed by atoms with van der Waals surface area (Å²) in [5.41, 5.74) is 5.94. The summed E-state index contributed by atoms with van der Waals surface area (Å²) in [5.74, 6) is 0.774. The molecule has 0 aromatic heterocycles. The number of hydrogen-bond donors (Lipinski definition) is 1. The minimum absolute atomic E-state index is 0.420. The summed E-state index contributed by atoms with van der Waals surface area (Å²) in [7, 11) is 2.14. The summed E-state index contributed by atoms with van der Waals surface area (Å²) in [5, 5.41) is 0. The maximum absolute atomic E-state index is 5.94. The van der Waals surface area contributed by atoms with E-state index in [9.17, 15) is 0 Å². The van der Waals surface area contributed by atoms with Crippen LogP contribution in [0.3, 0.4) is 0 Å². The average molecular weight is 142 g/mol. The van der Waals surface area contributed by atoms with E-state index in [1.165, 1.54) is 19.4 Å². The van der Waals surface area contributed by atoms with Gasteiger partial charge >= 0.3 is 0 Å². The number of nitrogens with zero attached hydrogens (tertiary/aromatic N) is 1. The van der Waals surface area contributed by atoms with Crippen molar-refractivity contribution in [1.82, 2.24) is 4.90 Å². The van der Waals surface area contributed by atoms with Crippen LogP contribution in [-0.2, 0) is 0 Å². The molecular weight excluding hydrogens is 124 g/mol. The first-order valence-corrected chi connectivity index (χ1v) is 4.18. The molecule has 2 N–H and O–H groups in total. The number of hydrogen-bond acceptors (Lipinski definition) is 2. The van der Waals surface area contributed by atoms with Crippen molar-refractivity contribution in [1.29, 1.82) is 0 Å². The van der Waals surface area contributed by atoms with E-state index < -0.39 is 0 Å². The fraction of sp³-hybridized carbons (Fsp3) is 1.00. The van der Waals surface area contributed by atoms with Gasteiger partial charge in [-0.25, -0.2) is 0 Å². The Bertz CT molecular complexity index is 103. The Morgan fingerprint density at radius 3 is 2.80 bits per heavy atom. The molecule has 0 aliphatic carbocycles. The molecule has 0 saturated carbocycles. The lowest BCUT2D eigenvalue weighted by molar-refractivity contribution is 0.187. The van der Waals surface area contributed by atoms with Crippen LogP contribution >= 0.6 is 0 Å². The number of rotatable bonds is 1. The van der Waals surface area contributed by atoms with E-state index in [0.717, 1.165) is 12.5 Å².